The van der Waals surface area contributed by atoms with Crippen molar-refractivity contribution >= 4 is 53.4 Å². The minimum absolute atomic E-state index is 0. The van der Waals surface area contributed by atoms with Crippen LogP contribution >= 0.6 is 15.6 Å². The molecule has 0 radical (unpaired) electrons. The molecule has 0 saturated heterocycles. The topological polar surface area (TPSA) is 117 Å². The minimum atomic E-state index is -4.70. The fourth-order valence-electron chi connectivity index (χ4n) is 9.08. The standard InChI is InChI=1S/2C30H45O4P.Ca/c2*1-18-21-14-19(27(2,3)4)16-23(29(8,9)10)25(21)33-35(31,32)34-26-22(18)15-20(28(5,6)7)17-24(26)30(11,12)13;/h2*14-18H,1-13H3,(H,31,32);/q;;+2/p-2. The summed E-state index contributed by atoms with van der Waals surface area (Å²) in [5.74, 6) is 1.35. The first-order valence-corrected chi connectivity index (χ1v) is 28.1. The van der Waals surface area contributed by atoms with Gasteiger partial charge in [-0.05, 0) is 65.6 Å². The molecule has 2 aliphatic rings. The van der Waals surface area contributed by atoms with Crippen LogP contribution in [0.3, 0.4) is 0 Å². The Morgan fingerprint density at radius 1 is 0.324 bits per heavy atom. The van der Waals surface area contributed by atoms with E-state index in [2.05, 4.69) is 229 Å². The van der Waals surface area contributed by atoms with Crippen molar-refractivity contribution in [1.29, 1.82) is 0 Å². The van der Waals surface area contributed by atoms with Gasteiger partial charge >= 0.3 is 53.4 Å². The fraction of sp³-hybridized carbons (Fsp3) is 0.600. The predicted molar refractivity (Wildman–Crippen MR) is 294 cm³/mol. The fourth-order valence-corrected chi connectivity index (χ4v) is 10.9. The maximum atomic E-state index is 13.4. The third-order valence-corrected chi connectivity index (χ3v) is 15.5. The van der Waals surface area contributed by atoms with Gasteiger partial charge in [-0.15, -0.1) is 0 Å². The summed E-state index contributed by atoms with van der Waals surface area (Å²) < 4.78 is 50.0. The van der Waals surface area contributed by atoms with Crippen LogP contribution in [0.4, 0.5) is 0 Å². The molecule has 0 atom stereocenters. The van der Waals surface area contributed by atoms with Gasteiger partial charge in [-0.3, -0.25) is 0 Å². The van der Waals surface area contributed by atoms with E-state index in [4.69, 9.17) is 18.1 Å². The number of phosphoric ester groups is 2. The van der Waals surface area contributed by atoms with Crippen molar-refractivity contribution in [3.8, 4) is 23.0 Å². The van der Waals surface area contributed by atoms with Crippen LogP contribution in [0.5, 0.6) is 23.0 Å². The van der Waals surface area contributed by atoms with Crippen molar-refractivity contribution in [2.24, 2.45) is 0 Å². The van der Waals surface area contributed by atoms with Crippen LogP contribution in [0, 0.1) is 0 Å². The van der Waals surface area contributed by atoms with Crippen LogP contribution in [-0.2, 0) is 52.5 Å². The molecule has 0 saturated carbocycles. The van der Waals surface area contributed by atoms with Gasteiger partial charge in [-0.25, -0.2) is 9.13 Å². The van der Waals surface area contributed by atoms with Crippen LogP contribution in [-0.4, -0.2) is 37.7 Å². The van der Waals surface area contributed by atoms with Gasteiger partial charge in [0.15, 0.2) is 0 Å². The summed E-state index contributed by atoms with van der Waals surface area (Å²) in [6.45, 7) is 55.5. The molecule has 4 aromatic rings. The van der Waals surface area contributed by atoms with Crippen LogP contribution < -0.4 is 27.9 Å². The molecule has 0 aliphatic carbocycles. The van der Waals surface area contributed by atoms with E-state index in [9.17, 15) is 18.9 Å². The summed E-state index contributed by atoms with van der Waals surface area (Å²) in [5, 5.41) is 0. The average molecular weight is 1040 g/mol. The first-order valence-electron chi connectivity index (χ1n) is 25.2. The number of benzene rings is 4. The van der Waals surface area contributed by atoms with Crippen molar-refractivity contribution < 1.29 is 37.0 Å². The van der Waals surface area contributed by atoms with E-state index in [1.54, 1.807) is 0 Å². The predicted octanol–water partition coefficient (Wildman–Crippen LogP) is 16.2. The molecule has 0 spiro atoms. The summed E-state index contributed by atoms with van der Waals surface area (Å²) in [5.41, 5.74) is 9.92. The third kappa shape index (κ3) is 13.8. The Hall–Kier alpha value is -2.28. The monoisotopic (exact) mass is 1040 g/mol. The van der Waals surface area contributed by atoms with Crippen molar-refractivity contribution in [3.63, 3.8) is 0 Å². The molecule has 0 amide bonds. The molecule has 2 aliphatic heterocycles. The molecule has 388 valence electrons. The summed E-state index contributed by atoms with van der Waals surface area (Å²) in [4.78, 5) is 26.7. The van der Waals surface area contributed by atoms with Gasteiger partial charge in [-0.1, -0.05) is 229 Å². The van der Waals surface area contributed by atoms with E-state index >= 15 is 0 Å². The van der Waals surface area contributed by atoms with Gasteiger partial charge in [0, 0.05) is 56.3 Å². The molecule has 0 fully saturated rings. The van der Waals surface area contributed by atoms with Gasteiger partial charge in [0.05, 0.1) is 0 Å². The molecule has 2 heterocycles. The van der Waals surface area contributed by atoms with Gasteiger partial charge < -0.3 is 27.9 Å². The van der Waals surface area contributed by atoms with E-state index < -0.39 is 15.6 Å². The van der Waals surface area contributed by atoms with E-state index in [0.29, 0.717) is 23.0 Å². The van der Waals surface area contributed by atoms with Gasteiger partial charge in [0.2, 0.25) is 0 Å². The Bertz CT molecular complexity index is 2380. The molecule has 0 unspecified atom stereocenters. The molecule has 6 rings (SSSR count). The summed E-state index contributed by atoms with van der Waals surface area (Å²) in [7, 11) is -9.41. The second kappa shape index (κ2) is 19.7. The smallest absolute Gasteiger partial charge is 0.736 e. The number of fused-ring (bicyclic) bond motifs is 4. The Labute approximate surface area is 460 Å². The Morgan fingerprint density at radius 3 is 0.606 bits per heavy atom. The van der Waals surface area contributed by atoms with Gasteiger partial charge in [0.25, 0.3) is 0 Å². The largest absolute Gasteiger partial charge is 2.00 e. The Morgan fingerprint density at radius 2 is 0.479 bits per heavy atom. The first-order chi connectivity index (χ1) is 31.0. The Kier molecular flexibility index (Phi) is 17.0. The second-order valence-electron chi connectivity index (χ2n) is 28.5. The average Bonchev–Trinajstić information content (AvgIpc) is 3.12. The maximum Gasteiger partial charge on any atom is 2.00 e. The molecule has 0 bridgehead atoms. The molecule has 4 aromatic carbocycles. The van der Waals surface area contributed by atoms with E-state index in [1.165, 1.54) is 0 Å². The van der Waals surface area contributed by atoms with Crippen molar-refractivity contribution in [3.05, 3.63) is 115 Å². The normalized spacial score (nSPS) is 21.0. The number of phosphoric acid groups is 2. The van der Waals surface area contributed by atoms with Crippen LogP contribution in [0.15, 0.2) is 48.5 Å². The molecule has 11 heteroatoms. The SMILES string of the molecule is CC1c2cc(C(C)(C)C)cc(C(C)(C)C)c2OP(=O)([O-])Oc2c1cc(C(C)(C)C)cc2C(C)(C)C.CC1c2cc(C(C)(C)C)cc(C(C)(C)C)c2OP(=O)([O-])Oc2c1cc(C(C)(C)C)cc2C(C)(C)C.[Ca+2]. The molecule has 0 aromatic heterocycles. The number of rotatable bonds is 0. The molecule has 8 nitrogen and oxygen atoms in total. The van der Waals surface area contributed by atoms with Crippen LogP contribution in [0.1, 0.15) is 259 Å². The zero-order valence-electron chi connectivity index (χ0n) is 48.6. The summed E-state index contributed by atoms with van der Waals surface area (Å²) in [6, 6.07) is 16.9. The first kappa shape index (κ1) is 61.3. The third-order valence-electron chi connectivity index (χ3n) is 13.8. The van der Waals surface area contributed by atoms with E-state index in [0.717, 1.165) is 66.8 Å². The second-order valence-corrected chi connectivity index (χ2v) is 31.0. The Balaban J connectivity index is 0.000000304. The zero-order chi connectivity index (χ0) is 53.9. The van der Waals surface area contributed by atoms with Gasteiger partial charge in [0.1, 0.15) is 23.0 Å². The van der Waals surface area contributed by atoms with Crippen molar-refractivity contribution in [2.75, 3.05) is 0 Å². The van der Waals surface area contributed by atoms with Crippen molar-refractivity contribution in [2.45, 2.75) is 235 Å². The van der Waals surface area contributed by atoms with E-state index in [1.807, 2.05) is 0 Å². The quantitative estimate of drug-likeness (QED) is 0.126. The minimum Gasteiger partial charge on any atom is -0.736 e. The molecule has 71 heavy (non-hydrogen) atoms. The van der Waals surface area contributed by atoms with E-state index in [-0.39, 0.29) is 92.9 Å². The summed E-state index contributed by atoms with van der Waals surface area (Å²) >= 11 is 0. The molecular formula is C60H88CaO8P2. The van der Waals surface area contributed by atoms with Gasteiger partial charge in [-0.2, -0.15) is 0 Å². The number of hydrogen-bond acceptors (Lipinski definition) is 8. The number of hydrogen-bond donors (Lipinski definition) is 0. The van der Waals surface area contributed by atoms with Crippen LogP contribution in [0.25, 0.3) is 0 Å². The maximum absolute atomic E-state index is 13.4. The molecule has 0 N–H and O–H groups in total. The van der Waals surface area contributed by atoms with Crippen molar-refractivity contribution in [1.82, 2.24) is 0 Å². The summed E-state index contributed by atoms with van der Waals surface area (Å²) in [6.07, 6.45) is 0. The van der Waals surface area contributed by atoms with Crippen LogP contribution in [0.2, 0.25) is 0 Å². The molecular weight excluding hydrogens is 951 g/mol. The zero-order valence-corrected chi connectivity index (χ0v) is 52.6.